The molecule has 136 valence electrons. The first-order valence-corrected chi connectivity index (χ1v) is 9.19. The number of anilines is 1. The minimum absolute atomic E-state index is 0.210. The number of carbonyl (C=O) groups excluding carboxylic acids is 2. The van der Waals surface area contributed by atoms with Crippen LogP contribution in [0.5, 0.6) is 0 Å². The van der Waals surface area contributed by atoms with Crippen LogP contribution < -0.4 is 10.6 Å². The van der Waals surface area contributed by atoms with Crippen molar-refractivity contribution in [2.75, 3.05) is 5.32 Å². The van der Waals surface area contributed by atoms with E-state index in [2.05, 4.69) is 15.6 Å². The van der Waals surface area contributed by atoms with Crippen LogP contribution >= 0.6 is 0 Å². The van der Waals surface area contributed by atoms with Crippen molar-refractivity contribution in [1.29, 1.82) is 0 Å². The van der Waals surface area contributed by atoms with Crippen molar-refractivity contribution in [3.05, 3.63) is 58.9 Å². The predicted molar refractivity (Wildman–Crippen MR) is 102 cm³/mol. The molecule has 0 spiro atoms. The molecule has 0 saturated heterocycles. The van der Waals surface area contributed by atoms with E-state index in [-0.39, 0.29) is 29.2 Å². The van der Waals surface area contributed by atoms with Crippen LogP contribution in [0.1, 0.15) is 64.2 Å². The highest BCUT2D eigenvalue weighted by Gasteiger charge is 2.18. The molecule has 2 aromatic rings. The standard InChI is InChI=1S/C21H25N3O2/c1-14-11-12-17(15(2)13-14)24-21(26)19-10-6-9-18(23-19)20(25)22-16-7-4-3-5-8-16/h6,9-13,16H,3-5,7-8H2,1-2H3,(H,22,25)(H,24,26). The van der Waals surface area contributed by atoms with Crippen LogP contribution in [-0.4, -0.2) is 22.8 Å². The lowest BCUT2D eigenvalue weighted by Crippen LogP contribution is -2.36. The van der Waals surface area contributed by atoms with Gasteiger partial charge in [-0.1, -0.05) is 43.0 Å². The van der Waals surface area contributed by atoms with E-state index in [1.165, 1.54) is 6.42 Å². The molecule has 1 aliphatic rings. The molecule has 2 amide bonds. The Morgan fingerprint density at radius 2 is 1.65 bits per heavy atom. The van der Waals surface area contributed by atoms with Crippen molar-refractivity contribution in [3.63, 3.8) is 0 Å². The summed E-state index contributed by atoms with van der Waals surface area (Å²) >= 11 is 0. The van der Waals surface area contributed by atoms with E-state index in [1.807, 2.05) is 32.0 Å². The topological polar surface area (TPSA) is 71.1 Å². The third-order valence-electron chi connectivity index (χ3n) is 4.78. The van der Waals surface area contributed by atoms with Crippen molar-refractivity contribution >= 4 is 17.5 Å². The molecule has 26 heavy (non-hydrogen) atoms. The van der Waals surface area contributed by atoms with E-state index in [0.29, 0.717) is 0 Å². The molecule has 5 heteroatoms. The monoisotopic (exact) mass is 351 g/mol. The maximum absolute atomic E-state index is 12.5. The zero-order chi connectivity index (χ0) is 18.5. The zero-order valence-electron chi connectivity index (χ0n) is 15.3. The second-order valence-electron chi connectivity index (χ2n) is 6.99. The maximum Gasteiger partial charge on any atom is 0.274 e. The van der Waals surface area contributed by atoms with Gasteiger partial charge in [0.15, 0.2) is 0 Å². The fraction of sp³-hybridized carbons (Fsp3) is 0.381. The number of hydrogen-bond donors (Lipinski definition) is 2. The normalized spacial score (nSPS) is 14.7. The minimum Gasteiger partial charge on any atom is -0.348 e. The first-order valence-electron chi connectivity index (χ1n) is 9.19. The molecule has 2 N–H and O–H groups in total. The number of benzene rings is 1. The molecule has 3 rings (SSSR count). The van der Waals surface area contributed by atoms with Crippen LogP contribution in [0, 0.1) is 13.8 Å². The molecule has 1 saturated carbocycles. The molecule has 0 bridgehead atoms. The SMILES string of the molecule is Cc1ccc(NC(=O)c2cccc(C(=O)NC3CCCCC3)n2)c(C)c1. The highest BCUT2D eigenvalue weighted by molar-refractivity contribution is 6.04. The zero-order valence-corrected chi connectivity index (χ0v) is 15.3. The molecular formula is C21H25N3O2. The summed E-state index contributed by atoms with van der Waals surface area (Å²) in [5, 5.41) is 5.90. The van der Waals surface area contributed by atoms with Crippen LogP contribution in [0.4, 0.5) is 5.69 Å². The van der Waals surface area contributed by atoms with Crippen LogP contribution in [0.2, 0.25) is 0 Å². The van der Waals surface area contributed by atoms with Gasteiger partial charge in [-0.3, -0.25) is 9.59 Å². The van der Waals surface area contributed by atoms with Gasteiger partial charge in [-0.05, 0) is 50.5 Å². The van der Waals surface area contributed by atoms with Crippen LogP contribution in [0.25, 0.3) is 0 Å². The van der Waals surface area contributed by atoms with Gasteiger partial charge in [0.25, 0.3) is 11.8 Å². The first-order chi connectivity index (χ1) is 12.5. The molecule has 1 aliphatic carbocycles. The van der Waals surface area contributed by atoms with Gasteiger partial charge >= 0.3 is 0 Å². The molecule has 1 aromatic carbocycles. The Labute approximate surface area is 154 Å². The second-order valence-corrected chi connectivity index (χ2v) is 6.99. The lowest BCUT2D eigenvalue weighted by molar-refractivity contribution is 0.0922. The molecule has 0 unspecified atom stereocenters. The number of aromatic nitrogens is 1. The fourth-order valence-corrected chi connectivity index (χ4v) is 3.33. The Morgan fingerprint density at radius 3 is 2.35 bits per heavy atom. The molecule has 1 fully saturated rings. The highest BCUT2D eigenvalue weighted by Crippen LogP contribution is 2.18. The summed E-state index contributed by atoms with van der Waals surface area (Å²) in [6.45, 7) is 3.96. The van der Waals surface area contributed by atoms with Gasteiger partial charge < -0.3 is 10.6 Å². The number of pyridine rings is 1. The number of carbonyl (C=O) groups is 2. The number of hydrogen-bond acceptors (Lipinski definition) is 3. The Morgan fingerprint density at radius 1 is 0.962 bits per heavy atom. The summed E-state index contributed by atoms with van der Waals surface area (Å²) in [7, 11) is 0. The highest BCUT2D eigenvalue weighted by atomic mass is 16.2. The largest absolute Gasteiger partial charge is 0.348 e. The second kappa shape index (κ2) is 8.13. The van der Waals surface area contributed by atoms with Gasteiger partial charge in [0.05, 0.1) is 0 Å². The van der Waals surface area contributed by atoms with Crippen molar-refractivity contribution in [1.82, 2.24) is 10.3 Å². The number of nitrogens with zero attached hydrogens (tertiary/aromatic N) is 1. The molecule has 1 aromatic heterocycles. The van der Waals surface area contributed by atoms with Crippen LogP contribution in [-0.2, 0) is 0 Å². The predicted octanol–water partition coefficient (Wildman–Crippen LogP) is 4.01. The Bertz CT molecular complexity index is 811. The summed E-state index contributed by atoms with van der Waals surface area (Å²) in [5.41, 5.74) is 3.40. The molecule has 0 radical (unpaired) electrons. The third kappa shape index (κ3) is 4.48. The van der Waals surface area contributed by atoms with E-state index in [0.717, 1.165) is 42.5 Å². The van der Waals surface area contributed by atoms with E-state index in [4.69, 9.17) is 0 Å². The third-order valence-corrected chi connectivity index (χ3v) is 4.78. The van der Waals surface area contributed by atoms with Gasteiger partial charge in [0, 0.05) is 11.7 Å². The first kappa shape index (κ1) is 18.1. The molecule has 0 atom stereocenters. The average molecular weight is 351 g/mol. The van der Waals surface area contributed by atoms with Gasteiger partial charge in [0.1, 0.15) is 11.4 Å². The molecule has 1 heterocycles. The van der Waals surface area contributed by atoms with Crippen LogP contribution in [0.3, 0.4) is 0 Å². The van der Waals surface area contributed by atoms with E-state index >= 15 is 0 Å². The van der Waals surface area contributed by atoms with Crippen LogP contribution in [0.15, 0.2) is 36.4 Å². The maximum atomic E-state index is 12.5. The van der Waals surface area contributed by atoms with Crippen molar-refractivity contribution in [3.8, 4) is 0 Å². The summed E-state index contributed by atoms with van der Waals surface area (Å²) < 4.78 is 0. The fourth-order valence-electron chi connectivity index (χ4n) is 3.33. The van der Waals surface area contributed by atoms with E-state index in [1.54, 1.807) is 18.2 Å². The van der Waals surface area contributed by atoms with E-state index < -0.39 is 0 Å². The van der Waals surface area contributed by atoms with Gasteiger partial charge in [-0.25, -0.2) is 4.98 Å². The number of rotatable bonds is 4. The summed E-state index contributed by atoms with van der Waals surface area (Å²) in [5.74, 6) is -0.526. The number of aryl methyl sites for hydroxylation is 2. The van der Waals surface area contributed by atoms with Gasteiger partial charge in [0.2, 0.25) is 0 Å². The van der Waals surface area contributed by atoms with Gasteiger partial charge in [-0.15, -0.1) is 0 Å². The lowest BCUT2D eigenvalue weighted by atomic mass is 9.95. The average Bonchev–Trinajstić information content (AvgIpc) is 2.65. The lowest BCUT2D eigenvalue weighted by Gasteiger charge is -2.22. The Balaban J connectivity index is 1.69. The molecule has 0 aliphatic heterocycles. The summed E-state index contributed by atoms with van der Waals surface area (Å²) in [6, 6.07) is 11.0. The van der Waals surface area contributed by atoms with E-state index in [9.17, 15) is 9.59 Å². The minimum atomic E-state index is -0.315. The number of amides is 2. The summed E-state index contributed by atoms with van der Waals surface area (Å²) in [4.78, 5) is 29.2. The quantitative estimate of drug-likeness (QED) is 0.874. The van der Waals surface area contributed by atoms with Gasteiger partial charge in [-0.2, -0.15) is 0 Å². The summed E-state index contributed by atoms with van der Waals surface area (Å²) in [6.07, 6.45) is 5.56. The van der Waals surface area contributed by atoms with Crippen molar-refractivity contribution in [2.45, 2.75) is 52.0 Å². The Kier molecular flexibility index (Phi) is 5.66. The smallest absolute Gasteiger partial charge is 0.274 e. The van der Waals surface area contributed by atoms with Crippen molar-refractivity contribution in [2.24, 2.45) is 0 Å². The number of nitrogens with one attached hydrogen (secondary N) is 2. The molecule has 5 nitrogen and oxygen atoms in total. The Hall–Kier alpha value is -2.69. The van der Waals surface area contributed by atoms with Crippen molar-refractivity contribution < 1.29 is 9.59 Å². The molecular weight excluding hydrogens is 326 g/mol.